The molecule has 0 saturated heterocycles. The number of carbonyl (C=O) groups excluding carboxylic acids is 1. The molecule has 5 N–H and O–H groups in total. The van der Waals surface area contributed by atoms with Gasteiger partial charge in [-0.15, -0.1) is 0 Å². The summed E-state index contributed by atoms with van der Waals surface area (Å²) >= 11 is 0. The Bertz CT molecular complexity index is 302. The van der Waals surface area contributed by atoms with Gasteiger partial charge in [0.2, 0.25) is 0 Å². The fourth-order valence-electron chi connectivity index (χ4n) is 0.758. The first-order valence-electron chi connectivity index (χ1n) is 3.39. The van der Waals surface area contributed by atoms with Crippen molar-refractivity contribution < 1.29 is 14.3 Å². The second-order valence-electron chi connectivity index (χ2n) is 2.12. The summed E-state index contributed by atoms with van der Waals surface area (Å²) in [5, 5.41) is 7.00. The number of aliphatic hydroxyl groups is 1. The number of carbonyl (C=O) groups is 1. The van der Waals surface area contributed by atoms with E-state index in [9.17, 15) is 9.18 Å². The Hall–Kier alpha value is -1.62. The van der Waals surface area contributed by atoms with E-state index < -0.39 is 5.82 Å². The number of rotatable bonds is 1. The van der Waals surface area contributed by atoms with Crippen molar-refractivity contribution in [2.45, 2.75) is 0 Å². The highest BCUT2D eigenvalue weighted by Gasteiger charge is 2.03. The maximum absolute atomic E-state index is 12.5. The number of aldehydes is 1. The van der Waals surface area contributed by atoms with Crippen molar-refractivity contribution >= 4 is 17.7 Å². The molecule has 72 valence electrons. The maximum atomic E-state index is 12.5. The van der Waals surface area contributed by atoms with Crippen molar-refractivity contribution in [3.05, 3.63) is 23.5 Å². The SMILES string of the molecule is CO.Nc1cc(F)cc(C=O)c1N. The third-order valence-electron chi connectivity index (χ3n) is 1.34. The highest BCUT2D eigenvalue weighted by Crippen LogP contribution is 2.19. The molecule has 1 rings (SSSR count). The van der Waals surface area contributed by atoms with E-state index in [-0.39, 0.29) is 16.9 Å². The summed E-state index contributed by atoms with van der Waals surface area (Å²) in [5.41, 5.74) is 10.9. The number of benzene rings is 1. The minimum absolute atomic E-state index is 0.0856. The van der Waals surface area contributed by atoms with Crippen molar-refractivity contribution in [1.82, 2.24) is 0 Å². The van der Waals surface area contributed by atoms with Gasteiger partial charge in [-0.1, -0.05) is 0 Å². The Kier molecular flexibility index (Phi) is 4.47. The smallest absolute Gasteiger partial charge is 0.152 e. The van der Waals surface area contributed by atoms with E-state index in [2.05, 4.69) is 0 Å². The number of hydrogen-bond acceptors (Lipinski definition) is 4. The molecule has 4 nitrogen and oxygen atoms in total. The largest absolute Gasteiger partial charge is 0.400 e. The molecule has 0 bridgehead atoms. The molecule has 0 atom stereocenters. The quantitative estimate of drug-likeness (QED) is 0.437. The molecule has 0 radical (unpaired) electrons. The lowest BCUT2D eigenvalue weighted by Gasteiger charge is -2.01. The van der Waals surface area contributed by atoms with Crippen LogP contribution in [0.1, 0.15) is 10.4 Å². The summed E-state index contributed by atoms with van der Waals surface area (Å²) in [7, 11) is 1.00. The predicted molar refractivity (Wildman–Crippen MR) is 48.8 cm³/mol. The minimum Gasteiger partial charge on any atom is -0.400 e. The van der Waals surface area contributed by atoms with Crippen molar-refractivity contribution in [3.63, 3.8) is 0 Å². The molecule has 0 heterocycles. The zero-order chi connectivity index (χ0) is 10.4. The van der Waals surface area contributed by atoms with Gasteiger partial charge in [0.1, 0.15) is 5.82 Å². The number of nitrogen functional groups attached to an aromatic ring is 2. The summed E-state index contributed by atoms with van der Waals surface area (Å²) < 4.78 is 12.5. The van der Waals surface area contributed by atoms with Gasteiger partial charge in [-0.05, 0) is 12.1 Å². The molecule has 1 aromatic rings. The lowest BCUT2D eigenvalue weighted by Crippen LogP contribution is -2.00. The van der Waals surface area contributed by atoms with E-state index in [1.807, 2.05) is 0 Å². The number of hydrogen-bond donors (Lipinski definition) is 3. The van der Waals surface area contributed by atoms with Crippen LogP contribution in [0.2, 0.25) is 0 Å². The Morgan fingerprint density at radius 3 is 2.38 bits per heavy atom. The van der Waals surface area contributed by atoms with Crippen LogP contribution in [0.25, 0.3) is 0 Å². The van der Waals surface area contributed by atoms with Crippen molar-refractivity contribution in [1.29, 1.82) is 0 Å². The van der Waals surface area contributed by atoms with E-state index in [0.717, 1.165) is 19.2 Å². The number of aliphatic hydroxyl groups excluding tert-OH is 1. The molecule has 0 unspecified atom stereocenters. The lowest BCUT2D eigenvalue weighted by molar-refractivity contribution is 0.112. The lowest BCUT2D eigenvalue weighted by atomic mass is 10.1. The molecular weight excluding hydrogens is 175 g/mol. The maximum Gasteiger partial charge on any atom is 0.152 e. The summed E-state index contributed by atoms with van der Waals surface area (Å²) in [4.78, 5) is 10.2. The molecule has 1 aromatic carbocycles. The van der Waals surface area contributed by atoms with Crippen LogP contribution in [-0.2, 0) is 0 Å². The van der Waals surface area contributed by atoms with Gasteiger partial charge in [-0.2, -0.15) is 0 Å². The molecule has 13 heavy (non-hydrogen) atoms. The van der Waals surface area contributed by atoms with E-state index in [0.29, 0.717) is 6.29 Å². The second-order valence-corrected chi connectivity index (χ2v) is 2.12. The molecule has 0 amide bonds. The van der Waals surface area contributed by atoms with Gasteiger partial charge in [-0.3, -0.25) is 4.79 Å². The highest BCUT2D eigenvalue weighted by atomic mass is 19.1. The first-order valence-corrected chi connectivity index (χ1v) is 3.39. The Morgan fingerprint density at radius 2 is 1.92 bits per heavy atom. The summed E-state index contributed by atoms with van der Waals surface area (Å²) in [5.74, 6) is -0.557. The topological polar surface area (TPSA) is 89.3 Å². The van der Waals surface area contributed by atoms with Crippen molar-refractivity contribution in [2.75, 3.05) is 18.6 Å². The third-order valence-corrected chi connectivity index (χ3v) is 1.34. The number of anilines is 2. The Morgan fingerprint density at radius 1 is 1.38 bits per heavy atom. The molecule has 0 spiro atoms. The van der Waals surface area contributed by atoms with E-state index >= 15 is 0 Å². The normalized spacial score (nSPS) is 8.54. The highest BCUT2D eigenvalue weighted by molar-refractivity contribution is 5.88. The number of halogens is 1. The average Bonchev–Trinajstić information content (AvgIpc) is 2.14. The van der Waals surface area contributed by atoms with Crippen LogP contribution in [-0.4, -0.2) is 18.5 Å². The summed E-state index contributed by atoms with van der Waals surface area (Å²) in [6.45, 7) is 0. The van der Waals surface area contributed by atoms with Gasteiger partial charge in [-0.25, -0.2) is 4.39 Å². The summed E-state index contributed by atoms with van der Waals surface area (Å²) in [6.07, 6.45) is 0.467. The molecule has 0 fully saturated rings. The van der Waals surface area contributed by atoms with Gasteiger partial charge in [0, 0.05) is 12.7 Å². The van der Waals surface area contributed by atoms with E-state index in [4.69, 9.17) is 16.6 Å². The average molecular weight is 186 g/mol. The van der Waals surface area contributed by atoms with Crippen molar-refractivity contribution in [2.24, 2.45) is 0 Å². The molecule has 0 aliphatic rings. The third kappa shape index (κ3) is 2.72. The van der Waals surface area contributed by atoms with Crippen LogP contribution in [0, 0.1) is 5.82 Å². The first-order chi connectivity index (χ1) is 6.15. The molecule has 0 aromatic heterocycles. The van der Waals surface area contributed by atoms with Gasteiger partial charge >= 0.3 is 0 Å². The van der Waals surface area contributed by atoms with Crippen LogP contribution >= 0.6 is 0 Å². The molecular formula is C8H11FN2O2. The number of nitrogens with two attached hydrogens (primary N) is 2. The summed E-state index contributed by atoms with van der Waals surface area (Å²) in [6, 6.07) is 2.11. The van der Waals surface area contributed by atoms with Gasteiger partial charge < -0.3 is 16.6 Å². The Balaban J connectivity index is 0.000000671. The van der Waals surface area contributed by atoms with Crippen LogP contribution < -0.4 is 11.5 Å². The monoisotopic (exact) mass is 186 g/mol. The first kappa shape index (κ1) is 11.4. The zero-order valence-corrected chi connectivity index (χ0v) is 7.12. The van der Waals surface area contributed by atoms with E-state index in [1.54, 1.807) is 0 Å². The fraction of sp³-hybridized carbons (Fsp3) is 0.125. The second kappa shape index (κ2) is 5.10. The predicted octanol–water partition coefficient (Wildman–Crippen LogP) is 0.411. The van der Waals surface area contributed by atoms with E-state index in [1.165, 1.54) is 0 Å². The zero-order valence-electron chi connectivity index (χ0n) is 7.12. The minimum atomic E-state index is -0.557. The van der Waals surface area contributed by atoms with Crippen LogP contribution in [0.5, 0.6) is 0 Å². The Labute approximate surface area is 75.0 Å². The molecule has 0 aliphatic heterocycles. The molecule has 0 aliphatic carbocycles. The molecule has 5 heteroatoms. The molecule has 0 saturated carbocycles. The fourth-order valence-corrected chi connectivity index (χ4v) is 0.758. The van der Waals surface area contributed by atoms with Crippen molar-refractivity contribution in [3.8, 4) is 0 Å². The van der Waals surface area contributed by atoms with Crippen LogP contribution in [0.3, 0.4) is 0 Å². The van der Waals surface area contributed by atoms with Gasteiger partial charge in [0.05, 0.1) is 11.4 Å². The van der Waals surface area contributed by atoms with Crippen LogP contribution in [0.4, 0.5) is 15.8 Å². The van der Waals surface area contributed by atoms with Crippen LogP contribution in [0.15, 0.2) is 12.1 Å². The standard InChI is InChI=1S/C7H7FN2O.CH4O/c8-5-1-4(3-11)7(10)6(9)2-5;1-2/h1-3H,9-10H2;2H,1H3. The van der Waals surface area contributed by atoms with Gasteiger partial charge in [0.15, 0.2) is 6.29 Å². The van der Waals surface area contributed by atoms with Gasteiger partial charge in [0.25, 0.3) is 0 Å².